The Bertz CT molecular complexity index is 515. The van der Waals surface area contributed by atoms with Gasteiger partial charge in [-0.15, -0.1) is 0 Å². The highest BCUT2D eigenvalue weighted by Gasteiger charge is 2.10. The van der Waals surface area contributed by atoms with E-state index in [1.807, 2.05) is 32.4 Å². The summed E-state index contributed by atoms with van der Waals surface area (Å²) in [6.45, 7) is 4.16. The Morgan fingerprint density at radius 1 is 1.24 bits per heavy atom. The van der Waals surface area contributed by atoms with E-state index in [-0.39, 0.29) is 0 Å². The second-order valence-electron chi connectivity index (χ2n) is 4.28. The third-order valence-electron chi connectivity index (χ3n) is 2.49. The molecule has 0 aliphatic carbocycles. The van der Waals surface area contributed by atoms with Gasteiger partial charge in [-0.05, 0) is 6.07 Å². The maximum absolute atomic E-state index is 4.54. The minimum atomic E-state index is 0.297. The van der Waals surface area contributed by atoms with Crippen molar-refractivity contribution < 1.29 is 0 Å². The number of anilines is 1. The van der Waals surface area contributed by atoms with Crippen LogP contribution in [0.25, 0.3) is 11.4 Å². The Morgan fingerprint density at radius 3 is 2.53 bits per heavy atom. The van der Waals surface area contributed by atoms with Crippen LogP contribution in [0.2, 0.25) is 0 Å². The highest BCUT2D eigenvalue weighted by atomic mass is 15.3. The minimum Gasteiger partial charge on any atom is -0.373 e. The van der Waals surface area contributed by atoms with Crippen LogP contribution in [0.15, 0.2) is 18.3 Å². The fraction of sp³-hybridized carbons (Fsp3) is 0.417. The standard InChI is InChI=1S/C12H17N5/c1-8(2)12-14-10(7-11(13-3)15-12)9-5-6-17(4)16-9/h5-8H,1-4H3,(H,13,14,15). The van der Waals surface area contributed by atoms with Crippen LogP contribution in [0.4, 0.5) is 5.82 Å². The molecule has 5 nitrogen and oxygen atoms in total. The molecule has 0 fully saturated rings. The number of hydrogen-bond donors (Lipinski definition) is 1. The molecule has 0 atom stereocenters. The molecule has 0 amide bonds. The lowest BCUT2D eigenvalue weighted by molar-refractivity contribution is 0.761. The van der Waals surface area contributed by atoms with Crippen LogP contribution in [0.5, 0.6) is 0 Å². The van der Waals surface area contributed by atoms with E-state index in [9.17, 15) is 0 Å². The molecule has 5 heteroatoms. The van der Waals surface area contributed by atoms with Crippen molar-refractivity contribution in [1.82, 2.24) is 19.7 Å². The Hall–Kier alpha value is -1.91. The quantitative estimate of drug-likeness (QED) is 0.878. The van der Waals surface area contributed by atoms with E-state index in [0.717, 1.165) is 23.0 Å². The second-order valence-corrected chi connectivity index (χ2v) is 4.28. The molecule has 0 aliphatic rings. The highest BCUT2D eigenvalue weighted by molar-refractivity contribution is 5.58. The van der Waals surface area contributed by atoms with Gasteiger partial charge in [0.25, 0.3) is 0 Å². The monoisotopic (exact) mass is 231 g/mol. The van der Waals surface area contributed by atoms with E-state index < -0.39 is 0 Å². The summed E-state index contributed by atoms with van der Waals surface area (Å²) in [4.78, 5) is 8.96. The van der Waals surface area contributed by atoms with Gasteiger partial charge in [-0.1, -0.05) is 13.8 Å². The second kappa shape index (κ2) is 4.53. The van der Waals surface area contributed by atoms with Gasteiger partial charge < -0.3 is 5.32 Å². The van der Waals surface area contributed by atoms with Crippen LogP contribution in [0, 0.1) is 0 Å². The van der Waals surface area contributed by atoms with Gasteiger partial charge >= 0.3 is 0 Å². The minimum absolute atomic E-state index is 0.297. The molecule has 0 unspecified atom stereocenters. The summed E-state index contributed by atoms with van der Waals surface area (Å²) in [6, 6.07) is 3.86. The summed E-state index contributed by atoms with van der Waals surface area (Å²) in [5, 5.41) is 7.41. The molecule has 0 radical (unpaired) electrons. The number of aryl methyl sites for hydroxylation is 1. The zero-order valence-corrected chi connectivity index (χ0v) is 10.6. The first-order chi connectivity index (χ1) is 8.10. The predicted octanol–water partition coefficient (Wildman–Crippen LogP) is 2.04. The summed E-state index contributed by atoms with van der Waals surface area (Å²) in [6.07, 6.45) is 1.91. The van der Waals surface area contributed by atoms with Crippen molar-refractivity contribution in [3.05, 3.63) is 24.2 Å². The number of nitrogens with one attached hydrogen (secondary N) is 1. The van der Waals surface area contributed by atoms with E-state index >= 15 is 0 Å². The topological polar surface area (TPSA) is 55.6 Å². The lowest BCUT2D eigenvalue weighted by Gasteiger charge is -2.08. The van der Waals surface area contributed by atoms with Crippen LogP contribution < -0.4 is 5.32 Å². The van der Waals surface area contributed by atoms with Crippen molar-refractivity contribution in [2.24, 2.45) is 7.05 Å². The Kier molecular flexibility index (Phi) is 3.08. The zero-order chi connectivity index (χ0) is 12.4. The van der Waals surface area contributed by atoms with Gasteiger partial charge in [0, 0.05) is 32.3 Å². The molecule has 0 saturated carbocycles. The predicted molar refractivity (Wildman–Crippen MR) is 67.9 cm³/mol. The lowest BCUT2D eigenvalue weighted by Crippen LogP contribution is -2.03. The number of aromatic nitrogens is 4. The van der Waals surface area contributed by atoms with Crippen LogP contribution in [0.1, 0.15) is 25.6 Å². The molecule has 2 aromatic rings. The lowest BCUT2D eigenvalue weighted by atomic mass is 10.2. The Morgan fingerprint density at radius 2 is 2.00 bits per heavy atom. The van der Waals surface area contributed by atoms with E-state index in [4.69, 9.17) is 0 Å². The molecule has 0 aromatic carbocycles. The maximum Gasteiger partial charge on any atom is 0.134 e. The van der Waals surface area contributed by atoms with Gasteiger partial charge in [0.15, 0.2) is 0 Å². The largest absolute Gasteiger partial charge is 0.373 e. The highest BCUT2D eigenvalue weighted by Crippen LogP contribution is 2.20. The van der Waals surface area contributed by atoms with Crippen molar-refractivity contribution in [1.29, 1.82) is 0 Å². The molecule has 2 rings (SSSR count). The molecule has 2 aromatic heterocycles. The van der Waals surface area contributed by atoms with E-state index in [0.29, 0.717) is 5.92 Å². The van der Waals surface area contributed by atoms with Crippen molar-refractivity contribution in [2.75, 3.05) is 12.4 Å². The van der Waals surface area contributed by atoms with E-state index in [1.165, 1.54) is 0 Å². The third-order valence-corrected chi connectivity index (χ3v) is 2.49. The average Bonchev–Trinajstić information content (AvgIpc) is 2.75. The normalized spacial score (nSPS) is 10.9. The van der Waals surface area contributed by atoms with Gasteiger partial charge in [-0.3, -0.25) is 4.68 Å². The Labute approximate surface area is 101 Å². The molecular weight excluding hydrogens is 214 g/mol. The fourth-order valence-electron chi connectivity index (χ4n) is 1.54. The first kappa shape index (κ1) is 11.6. The van der Waals surface area contributed by atoms with Crippen LogP contribution in [-0.4, -0.2) is 26.8 Å². The van der Waals surface area contributed by atoms with Crippen molar-refractivity contribution in [2.45, 2.75) is 19.8 Å². The van der Waals surface area contributed by atoms with Gasteiger partial charge in [0.05, 0.1) is 5.69 Å². The molecule has 0 aliphatic heterocycles. The molecule has 90 valence electrons. The van der Waals surface area contributed by atoms with Crippen LogP contribution in [0.3, 0.4) is 0 Å². The summed E-state index contributed by atoms with van der Waals surface area (Å²) < 4.78 is 1.77. The van der Waals surface area contributed by atoms with Crippen LogP contribution >= 0.6 is 0 Å². The van der Waals surface area contributed by atoms with Crippen molar-refractivity contribution >= 4 is 5.82 Å². The summed E-state index contributed by atoms with van der Waals surface area (Å²) in [7, 11) is 3.75. The summed E-state index contributed by atoms with van der Waals surface area (Å²) >= 11 is 0. The molecular formula is C12H17N5. The summed E-state index contributed by atoms with van der Waals surface area (Å²) in [5.41, 5.74) is 1.72. The molecule has 2 heterocycles. The third kappa shape index (κ3) is 2.43. The first-order valence-electron chi connectivity index (χ1n) is 5.67. The van der Waals surface area contributed by atoms with Gasteiger partial charge in [-0.25, -0.2) is 9.97 Å². The zero-order valence-electron chi connectivity index (χ0n) is 10.6. The van der Waals surface area contributed by atoms with Crippen molar-refractivity contribution in [3.8, 4) is 11.4 Å². The maximum atomic E-state index is 4.54. The molecule has 1 N–H and O–H groups in total. The van der Waals surface area contributed by atoms with E-state index in [1.54, 1.807) is 4.68 Å². The molecule has 0 saturated heterocycles. The molecule has 17 heavy (non-hydrogen) atoms. The van der Waals surface area contributed by atoms with Crippen molar-refractivity contribution in [3.63, 3.8) is 0 Å². The first-order valence-corrected chi connectivity index (χ1v) is 5.67. The smallest absolute Gasteiger partial charge is 0.134 e. The number of hydrogen-bond acceptors (Lipinski definition) is 4. The van der Waals surface area contributed by atoms with Gasteiger partial charge in [0.1, 0.15) is 17.3 Å². The number of rotatable bonds is 3. The van der Waals surface area contributed by atoms with Crippen LogP contribution in [-0.2, 0) is 7.05 Å². The van der Waals surface area contributed by atoms with E-state index in [2.05, 4.69) is 34.2 Å². The SMILES string of the molecule is CNc1cc(-c2ccn(C)n2)nc(C(C)C)n1. The Balaban J connectivity index is 2.49. The average molecular weight is 231 g/mol. The molecule has 0 bridgehead atoms. The summed E-state index contributed by atoms with van der Waals surface area (Å²) in [5.74, 6) is 1.95. The number of nitrogens with zero attached hydrogens (tertiary/aromatic N) is 4. The fourth-order valence-corrected chi connectivity index (χ4v) is 1.54. The molecule has 0 spiro atoms. The van der Waals surface area contributed by atoms with Gasteiger partial charge in [0.2, 0.25) is 0 Å². The van der Waals surface area contributed by atoms with Gasteiger partial charge in [-0.2, -0.15) is 5.10 Å².